The first kappa shape index (κ1) is 16.5. The average Bonchev–Trinajstić information content (AvgIpc) is 3.40. The zero-order chi connectivity index (χ0) is 17.8. The molecular formula is C19H22N6O. The lowest BCUT2D eigenvalue weighted by atomic mass is 9.98. The van der Waals surface area contributed by atoms with Crippen LogP contribution in [0.4, 0.5) is 0 Å². The summed E-state index contributed by atoms with van der Waals surface area (Å²) in [6.45, 7) is 1.64. The number of pyridine rings is 1. The number of aromatic nitrogens is 5. The van der Waals surface area contributed by atoms with Gasteiger partial charge in [-0.15, -0.1) is 0 Å². The second kappa shape index (κ2) is 7.51. The molecule has 4 heterocycles. The Morgan fingerprint density at radius 2 is 2.23 bits per heavy atom. The molecule has 0 unspecified atom stereocenters. The van der Waals surface area contributed by atoms with Crippen molar-refractivity contribution in [2.24, 2.45) is 0 Å². The summed E-state index contributed by atoms with van der Waals surface area (Å²) in [6.07, 6.45) is 13.1. The Bertz CT molecular complexity index is 826. The van der Waals surface area contributed by atoms with Crippen LogP contribution >= 0.6 is 0 Å². The number of hydrogen-bond donors (Lipinski definition) is 1. The molecule has 1 fully saturated rings. The van der Waals surface area contributed by atoms with Crippen LogP contribution in [0.3, 0.4) is 0 Å². The van der Waals surface area contributed by atoms with Gasteiger partial charge in [0.1, 0.15) is 0 Å². The number of aromatic amines is 1. The average molecular weight is 350 g/mol. The lowest BCUT2D eigenvalue weighted by molar-refractivity contribution is 0.0593. The lowest BCUT2D eigenvalue weighted by Gasteiger charge is -2.36. The van der Waals surface area contributed by atoms with Crippen LogP contribution in [-0.2, 0) is 6.54 Å². The number of hydrogen-bond acceptors (Lipinski definition) is 4. The van der Waals surface area contributed by atoms with Gasteiger partial charge in [-0.1, -0.05) is 0 Å². The van der Waals surface area contributed by atoms with Gasteiger partial charge in [-0.25, -0.2) is 0 Å². The van der Waals surface area contributed by atoms with Crippen molar-refractivity contribution in [2.75, 3.05) is 6.54 Å². The van der Waals surface area contributed by atoms with E-state index in [1.54, 1.807) is 24.8 Å². The summed E-state index contributed by atoms with van der Waals surface area (Å²) in [5, 5.41) is 11.0. The summed E-state index contributed by atoms with van der Waals surface area (Å²) in [5.41, 5.74) is 2.37. The molecule has 0 saturated carbocycles. The van der Waals surface area contributed by atoms with Crippen molar-refractivity contribution in [3.63, 3.8) is 0 Å². The molecule has 0 spiro atoms. The Balaban J connectivity index is 1.46. The normalized spacial score (nSPS) is 17.4. The van der Waals surface area contributed by atoms with Crippen molar-refractivity contribution < 1.29 is 4.79 Å². The maximum absolute atomic E-state index is 13.0. The van der Waals surface area contributed by atoms with Crippen molar-refractivity contribution in [2.45, 2.75) is 38.3 Å². The summed E-state index contributed by atoms with van der Waals surface area (Å²) in [7, 11) is 0. The summed E-state index contributed by atoms with van der Waals surface area (Å²) >= 11 is 0. The second-order valence-corrected chi connectivity index (χ2v) is 6.63. The van der Waals surface area contributed by atoms with Crippen molar-refractivity contribution in [3.05, 3.63) is 54.7 Å². The summed E-state index contributed by atoms with van der Waals surface area (Å²) < 4.78 is 1.93. The molecule has 3 aromatic rings. The number of carbonyl (C=O) groups is 1. The molecule has 7 heteroatoms. The van der Waals surface area contributed by atoms with E-state index in [4.69, 9.17) is 0 Å². The number of carbonyl (C=O) groups excluding carboxylic acids is 1. The number of rotatable bonds is 5. The third kappa shape index (κ3) is 3.51. The van der Waals surface area contributed by atoms with E-state index in [-0.39, 0.29) is 11.9 Å². The number of nitrogens with one attached hydrogen (secondary N) is 1. The minimum atomic E-state index is 0.0707. The predicted molar refractivity (Wildman–Crippen MR) is 97.3 cm³/mol. The van der Waals surface area contributed by atoms with E-state index in [1.807, 2.05) is 34.0 Å². The molecule has 1 N–H and O–H groups in total. The number of aryl methyl sites for hydroxylation is 1. The molecular weight excluding hydrogens is 328 g/mol. The third-order valence-corrected chi connectivity index (χ3v) is 4.94. The first-order chi connectivity index (χ1) is 12.8. The molecule has 0 radical (unpaired) electrons. The highest BCUT2D eigenvalue weighted by Crippen LogP contribution is 2.23. The number of piperidine rings is 1. The van der Waals surface area contributed by atoms with Gasteiger partial charge in [0, 0.05) is 49.5 Å². The SMILES string of the molecule is O=C(c1ccc(-c2cn[nH]c2)nc1)N1CCCC[C@@H]1CCn1cccn1. The number of H-pyrrole nitrogens is 1. The van der Waals surface area contributed by atoms with Crippen LogP contribution in [-0.4, -0.2) is 48.4 Å². The van der Waals surface area contributed by atoms with E-state index >= 15 is 0 Å². The molecule has 0 aliphatic carbocycles. The van der Waals surface area contributed by atoms with Gasteiger partial charge in [0.25, 0.3) is 5.91 Å². The van der Waals surface area contributed by atoms with Crippen molar-refractivity contribution in [1.82, 2.24) is 29.9 Å². The van der Waals surface area contributed by atoms with E-state index in [9.17, 15) is 4.79 Å². The van der Waals surface area contributed by atoms with Gasteiger partial charge in [0.05, 0.1) is 17.5 Å². The monoisotopic (exact) mass is 350 g/mol. The molecule has 134 valence electrons. The molecule has 0 aromatic carbocycles. The molecule has 3 aromatic heterocycles. The molecule has 4 rings (SSSR count). The predicted octanol–water partition coefficient (Wildman–Crippen LogP) is 2.75. The minimum absolute atomic E-state index is 0.0707. The van der Waals surface area contributed by atoms with Crippen LogP contribution in [0.1, 0.15) is 36.0 Å². The Morgan fingerprint density at radius 1 is 1.27 bits per heavy atom. The van der Waals surface area contributed by atoms with E-state index < -0.39 is 0 Å². The summed E-state index contributed by atoms with van der Waals surface area (Å²) in [5.74, 6) is 0.0707. The minimum Gasteiger partial charge on any atom is -0.336 e. The number of likely N-dealkylation sites (tertiary alicyclic amines) is 1. The number of nitrogens with zero attached hydrogens (tertiary/aromatic N) is 5. The van der Waals surface area contributed by atoms with Gasteiger partial charge < -0.3 is 4.90 Å². The highest BCUT2D eigenvalue weighted by molar-refractivity contribution is 5.94. The molecule has 26 heavy (non-hydrogen) atoms. The first-order valence-electron chi connectivity index (χ1n) is 9.05. The van der Waals surface area contributed by atoms with Crippen molar-refractivity contribution in [1.29, 1.82) is 0 Å². The van der Waals surface area contributed by atoms with Gasteiger partial charge in [-0.2, -0.15) is 10.2 Å². The molecule has 1 aliphatic heterocycles. The Morgan fingerprint density at radius 3 is 2.96 bits per heavy atom. The fourth-order valence-corrected chi connectivity index (χ4v) is 3.53. The molecule has 7 nitrogen and oxygen atoms in total. The highest BCUT2D eigenvalue weighted by atomic mass is 16.2. The Kier molecular flexibility index (Phi) is 4.77. The van der Waals surface area contributed by atoms with Crippen molar-refractivity contribution >= 4 is 5.91 Å². The van der Waals surface area contributed by atoms with Crippen LogP contribution in [0.25, 0.3) is 11.3 Å². The van der Waals surface area contributed by atoms with Gasteiger partial charge >= 0.3 is 0 Å². The van der Waals surface area contributed by atoms with E-state index in [2.05, 4.69) is 20.3 Å². The Labute approximate surface area is 152 Å². The third-order valence-electron chi connectivity index (χ3n) is 4.94. The quantitative estimate of drug-likeness (QED) is 0.767. The fourth-order valence-electron chi connectivity index (χ4n) is 3.53. The van der Waals surface area contributed by atoms with Crippen LogP contribution in [0.15, 0.2) is 49.2 Å². The summed E-state index contributed by atoms with van der Waals surface area (Å²) in [6, 6.07) is 5.92. The zero-order valence-electron chi connectivity index (χ0n) is 14.6. The van der Waals surface area contributed by atoms with Crippen LogP contribution in [0.2, 0.25) is 0 Å². The van der Waals surface area contributed by atoms with Crippen LogP contribution < -0.4 is 0 Å². The van der Waals surface area contributed by atoms with E-state index in [0.29, 0.717) is 5.56 Å². The van der Waals surface area contributed by atoms with Crippen molar-refractivity contribution in [3.8, 4) is 11.3 Å². The maximum Gasteiger partial charge on any atom is 0.255 e. The van der Waals surface area contributed by atoms with Crippen LogP contribution in [0.5, 0.6) is 0 Å². The van der Waals surface area contributed by atoms with Gasteiger partial charge in [-0.3, -0.25) is 19.6 Å². The molecule has 1 saturated heterocycles. The highest BCUT2D eigenvalue weighted by Gasteiger charge is 2.27. The van der Waals surface area contributed by atoms with Gasteiger partial charge in [-0.05, 0) is 43.9 Å². The topological polar surface area (TPSA) is 79.7 Å². The fraction of sp³-hybridized carbons (Fsp3) is 0.368. The molecule has 1 aliphatic rings. The maximum atomic E-state index is 13.0. The molecule has 0 bridgehead atoms. The largest absolute Gasteiger partial charge is 0.336 e. The second-order valence-electron chi connectivity index (χ2n) is 6.63. The van der Waals surface area contributed by atoms with E-state index in [0.717, 1.165) is 43.6 Å². The van der Waals surface area contributed by atoms with E-state index in [1.165, 1.54) is 6.42 Å². The standard InChI is InChI=1S/C19H22N6O/c26-19(15-5-6-18(20-12-15)16-13-21-22-14-16)25-10-2-1-4-17(25)7-11-24-9-3-8-23-24/h3,5-6,8-9,12-14,17H,1-2,4,7,10-11H2,(H,21,22)/t17-/m1/s1. The smallest absolute Gasteiger partial charge is 0.255 e. The van der Waals surface area contributed by atoms with Gasteiger partial charge in [0.15, 0.2) is 0 Å². The summed E-state index contributed by atoms with van der Waals surface area (Å²) in [4.78, 5) is 19.5. The number of amides is 1. The van der Waals surface area contributed by atoms with Crippen LogP contribution in [0, 0.1) is 0 Å². The first-order valence-corrected chi connectivity index (χ1v) is 9.05. The molecule has 1 atom stereocenters. The lowest BCUT2D eigenvalue weighted by Crippen LogP contribution is -2.44. The Hall–Kier alpha value is -2.96. The van der Waals surface area contributed by atoms with Gasteiger partial charge in [0.2, 0.25) is 0 Å². The molecule has 1 amide bonds. The zero-order valence-corrected chi connectivity index (χ0v) is 14.6.